The molecule has 0 amide bonds. The van der Waals surface area contributed by atoms with Crippen molar-refractivity contribution in [2.75, 3.05) is 75.2 Å². The van der Waals surface area contributed by atoms with Gasteiger partial charge in [0.2, 0.25) is 5.95 Å². The molecular formula is C30H36ClFN9OP. The molecule has 2 saturated heterocycles. The summed E-state index contributed by atoms with van der Waals surface area (Å²) >= 11 is 6.45. The fourth-order valence-electron chi connectivity index (χ4n) is 5.94. The summed E-state index contributed by atoms with van der Waals surface area (Å²) in [5.74, 6) is 0.265. The van der Waals surface area contributed by atoms with Gasteiger partial charge in [-0.3, -0.25) is 14.9 Å². The van der Waals surface area contributed by atoms with E-state index in [4.69, 9.17) is 11.6 Å². The van der Waals surface area contributed by atoms with Gasteiger partial charge in [-0.25, -0.2) is 9.37 Å². The number of fused-ring (bicyclic) bond motifs is 1. The minimum absolute atomic E-state index is 0.241. The third-order valence-electron chi connectivity index (χ3n) is 8.21. The minimum Gasteiger partial charge on any atom is -0.369 e. The third kappa shape index (κ3) is 6.60. The van der Waals surface area contributed by atoms with Crippen molar-refractivity contribution in [3.8, 4) is 0 Å². The van der Waals surface area contributed by atoms with Crippen LogP contribution in [0.25, 0.3) is 11.0 Å². The van der Waals surface area contributed by atoms with E-state index >= 15 is 4.39 Å². The number of piperazine rings is 1. The van der Waals surface area contributed by atoms with Crippen molar-refractivity contribution in [2.24, 2.45) is 0 Å². The summed E-state index contributed by atoms with van der Waals surface area (Å²) in [6, 6.07) is 9.28. The van der Waals surface area contributed by atoms with Crippen LogP contribution in [0.15, 0.2) is 48.9 Å². The van der Waals surface area contributed by atoms with Crippen LogP contribution in [0, 0.1) is 5.82 Å². The third-order valence-corrected chi connectivity index (χ3v) is 10.0. The molecule has 4 aromatic rings. The summed E-state index contributed by atoms with van der Waals surface area (Å²) in [5, 5.41) is 7.14. The van der Waals surface area contributed by atoms with Crippen molar-refractivity contribution in [2.45, 2.75) is 18.9 Å². The van der Waals surface area contributed by atoms with Gasteiger partial charge in [0.15, 0.2) is 5.82 Å². The summed E-state index contributed by atoms with van der Waals surface area (Å²) in [6.45, 7) is 9.47. The number of benzene rings is 2. The second-order valence-corrected chi connectivity index (χ2v) is 15.2. The van der Waals surface area contributed by atoms with Crippen LogP contribution in [-0.4, -0.2) is 95.4 Å². The van der Waals surface area contributed by atoms with Crippen LogP contribution in [0.5, 0.6) is 0 Å². The predicted octanol–water partition coefficient (Wildman–Crippen LogP) is 5.16. The quantitative estimate of drug-likeness (QED) is 0.268. The monoisotopic (exact) mass is 623 g/mol. The lowest BCUT2D eigenvalue weighted by molar-refractivity contribution is 0.0981. The number of aromatic nitrogens is 4. The van der Waals surface area contributed by atoms with Crippen molar-refractivity contribution in [1.82, 2.24) is 29.7 Å². The maximum Gasteiger partial charge on any atom is 0.229 e. The van der Waals surface area contributed by atoms with E-state index in [1.807, 2.05) is 12.1 Å². The van der Waals surface area contributed by atoms with E-state index in [-0.39, 0.29) is 16.8 Å². The van der Waals surface area contributed by atoms with E-state index in [1.54, 1.807) is 37.9 Å². The Hall–Kier alpha value is -3.37. The van der Waals surface area contributed by atoms with E-state index in [2.05, 4.69) is 52.3 Å². The lowest BCUT2D eigenvalue weighted by Crippen LogP contribution is -2.52. The Labute approximate surface area is 256 Å². The molecule has 0 spiro atoms. The van der Waals surface area contributed by atoms with Gasteiger partial charge < -0.3 is 25.0 Å². The molecule has 43 heavy (non-hydrogen) atoms. The van der Waals surface area contributed by atoms with Crippen molar-refractivity contribution in [3.05, 3.63) is 59.8 Å². The topological polar surface area (TPSA) is 102 Å². The molecule has 2 aliphatic heterocycles. The van der Waals surface area contributed by atoms with E-state index in [0.717, 1.165) is 52.1 Å². The number of piperidine rings is 1. The Morgan fingerprint density at radius 2 is 1.70 bits per heavy atom. The summed E-state index contributed by atoms with van der Waals surface area (Å²) < 4.78 is 28.6. The number of hydrogen-bond donors (Lipinski definition) is 2. The zero-order valence-electron chi connectivity index (χ0n) is 24.6. The van der Waals surface area contributed by atoms with Gasteiger partial charge in [0, 0.05) is 63.4 Å². The fourth-order valence-corrected chi connectivity index (χ4v) is 7.47. The average molecular weight is 624 g/mol. The number of hydrogen-bond acceptors (Lipinski definition) is 10. The Balaban J connectivity index is 1.16. The van der Waals surface area contributed by atoms with Crippen LogP contribution < -0.4 is 20.8 Å². The van der Waals surface area contributed by atoms with Crippen LogP contribution in [-0.2, 0) is 4.57 Å². The lowest BCUT2D eigenvalue weighted by atomic mass is 10.0. The zero-order valence-corrected chi connectivity index (χ0v) is 26.2. The number of anilines is 5. The van der Waals surface area contributed by atoms with Gasteiger partial charge in [-0.15, -0.1) is 0 Å². The first-order chi connectivity index (χ1) is 20.7. The standard InChI is InChI=1S/C30H36ClFN9OP/c1-39-14-16-40(17-15-39)21-8-12-41(13-9-21)26-7-4-20(18-23(26)32)36-30-35-19-22(31)29(38-30)37-25-6-5-24-27(34-11-10-33-24)28(25)43(2,3)42/h4-7,10-11,18-19,21H,8-9,12-17H2,1-3H3,(H2,35,36,37,38). The van der Waals surface area contributed by atoms with Gasteiger partial charge in [-0.1, -0.05) is 11.6 Å². The SMILES string of the molecule is CN1CCN(C2CCN(c3ccc(Nc4ncc(Cl)c(Nc5ccc6nccnc6c5P(C)(C)=O)n4)cc3F)CC2)CC1. The van der Waals surface area contributed by atoms with Gasteiger partial charge in [-0.2, -0.15) is 4.98 Å². The summed E-state index contributed by atoms with van der Waals surface area (Å²) in [7, 11) is -0.600. The molecule has 0 aliphatic carbocycles. The lowest BCUT2D eigenvalue weighted by Gasteiger charge is -2.42. The Morgan fingerprint density at radius 3 is 2.42 bits per heavy atom. The Kier molecular flexibility index (Phi) is 8.51. The number of halogens is 2. The zero-order chi connectivity index (χ0) is 30.1. The summed E-state index contributed by atoms with van der Waals surface area (Å²) in [6.07, 6.45) is 6.71. The minimum atomic E-state index is -2.77. The molecule has 2 aromatic carbocycles. The highest BCUT2D eigenvalue weighted by atomic mass is 35.5. The first-order valence-electron chi connectivity index (χ1n) is 14.5. The fraction of sp³-hybridized carbons (Fsp3) is 0.400. The van der Waals surface area contributed by atoms with Gasteiger partial charge in [0.05, 0.1) is 28.4 Å². The smallest absolute Gasteiger partial charge is 0.229 e. The van der Waals surface area contributed by atoms with Gasteiger partial charge in [-0.05, 0) is 63.6 Å². The van der Waals surface area contributed by atoms with Crippen LogP contribution >= 0.6 is 18.7 Å². The maximum atomic E-state index is 15.3. The largest absolute Gasteiger partial charge is 0.369 e. The number of likely N-dealkylation sites (N-methyl/N-ethyl adjacent to an activating group) is 1. The molecule has 6 rings (SSSR count). The van der Waals surface area contributed by atoms with Crippen LogP contribution in [0.4, 0.5) is 33.2 Å². The molecule has 4 heterocycles. The predicted molar refractivity (Wildman–Crippen MR) is 173 cm³/mol. The normalized spacial score (nSPS) is 17.4. The number of nitrogens with one attached hydrogen (secondary N) is 2. The molecule has 2 fully saturated rings. The van der Waals surface area contributed by atoms with Crippen LogP contribution in [0.1, 0.15) is 12.8 Å². The second kappa shape index (κ2) is 12.3. The highest BCUT2D eigenvalue weighted by Crippen LogP contribution is 2.41. The van der Waals surface area contributed by atoms with Crippen LogP contribution in [0.2, 0.25) is 5.02 Å². The molecule has 13 heteroatoms. The molecule has 0 unspecified atom stereocenters. The average Bonchev–Trinajstić information content (AvgIpc) is 2.99. The van der Waals surface area contributed by atoms with Crippen molar-refractivity contribution >= 4 is 63.9 Å². The molecule has 0 bridgehead atoms. The number of nitrogens with zero attached hydrogens (tertiary/aromatic N) is 7. The highest BCUT2D eigenvalue weighted by molar-refractivity contribution is 7.71. The van der Waals surface area contributed by atoms with Crippen molar-refractivity contribution in [3.63, 3.8) is 0 Å². The summed E-state index contributed by atoms with van der Waals surface area (Å²) in [5.41, 5.74) is 2.91. The number of rotatable bonds is 7. The highest BCUT2D eigenvalue weighted by Gasteiger charge is 2.28. The molecule has 10 nitrogen and oxygen atoms in total. The summed E-state index contributed by atoms with van der Waals surface area (Å²) in [4.78, 5) is 24.7. The van der Waals surface area contributed by atoms with E-state index in [0.29, 0.717) is 45.3 Å². The second-order valence-electron chi connectivity index (χ2n) is 11.6. The van der Waals surface area contributed by atoms with Gasteiger partial charge in [0.1, 0.15) is 23.5 Å². The Morgan fingerprint density at radius 1 is 0.953 bits per heavy atom. The first kappa shape index (κ1) is 29.7. The molecule has 2 aromatic heterocycles. The molecule has 2 aliphatic rings. The van der Waals surface area contributed by atoms with Gasteiger partial charge >= 0.3 is 0 Å². The Bertz CT molecular complexity index is 1670. The maximum absolute atomic E-state index is 15.3. The van der Waals surface area contributed by atoms with Crippen molar-refractivity contribution < 1.29 is 8.96 Å². The first-order valence-corrected chi connectivity index (χ1v) is 17.5. The molecule has 0 radical (unpaired) electrons. The molecule has 0 atom stereocenters. The van der Waals surface area contributed by atoms with E-state index in [9.17, 15) is 4.57 Å². The van der Waals surface area contributed by atoms with E-state index < -0.39 is 7.14 Å². The van der Waals surface area contributed by atoms with Gasteiger partial charge in [0.25, 0.3) is 0 Å². The van der Waals surface area contributed by atoms with Crippen molar-refractivity contribution in [1.29, 1.82) is 0 Å². The molecule has 226 valence electrons. The molecular weight excluding hydrogens is 588 g/mol. The van der Waals surface area contributed by atoms with E-state index in [1.165, 1.54) is 12.3 Å². The van der Waals surface area contributed by atoms with Crippen LogP contribution in [0.3, 0.4) is 0 Å². The molecule has 0 saturated carbocycles. The molecule has 2 N–H and O–H groups in total.